The Labute approximate surface area is 73.5 Å². The van der Waals surface area contributed by atoms with Crippen LogP contribution in [0.15, 0.2) is 16.9 Å². The van der Waals surface area contributed by atoms with Gasteiger partial charge in [-0.2, -0.15) is 0 Å². The molecule has 0 unspecified atom stereocenters. The van der Waals surface area contributed by atoms with E-state index in [0.29, 0.717) is 0 Å². The second-order valence-electron chi connectivity index (χ2n) is 2.42. The summed E-state index contributed by atoms with van der Waals surface area (Å²) in [5.74, 6) is -1.67. The van der Waals surface area contributed by atoms with Crippen molar-refractivity contribution in [2.75, 3.05) is 0 Å². The van der Waals surface area contributed by atoms with Crippen LogP contribution in [0.3, 0.4) is 0 Å². The number of nitrogens with zero attached hydrogens (tertiary/aromatic N) is 1. The topological polar surface area (TPSA) is 92.4 Å². The van der Waals surface area contributed by atoms with Crippen LogP contribution in [0.2, 0.25) is 0 Å². The van der Waals surface area contributed by atoms with Crippen molar-refractivity contribution in [3.05, 3.63) is 18.0 Å². The monoisotopic (exact) mass is 184 g/mol. The zero-order valence-electron chi connectivity index (χ0n) is 6.85. The summed E-state index contributed by atoms with van der Waals surface area (Å²) in [7, 11) is 0. The molecule has 6 heteroatoms. The fourth-order valence-electron chi connectivity index (χ4n) is 0.662. The molecule has 0 bridgehead atoms. The standard InChI is InChI=1S/C7H8N2O4/c1-4(7(11)12)8-6(10)5-2-3-13-9-5/h2-4H,1H3,(H,8,10)(H,11,12)/t4-/m1/s1. The number of carboxylic acid groups (broad SMARTS) is 1. The molecule has 0 spiro atoms. The summed E-state index contributed by atoms with van der Waals surface area (Å²) in [6.45, 7) is 1.36. The molecule has 6 nitrogen and oxygen atoms in total. The van der Waals surface area contributed by atoms with Gasteiger partial charge < -0.3 is 14.9 Å². The highest BCUT2D eigenvalue weighted by Crippen LogP contribution is 1.94. The van der Waals surface area contributed by atoms with Crippen LogP contribution in [0.5, 0.6) is 0 Å². The Hall–Kier alpha value is -1.85. The minimum atomic E-state index is -1.10. The molecule has 0 aliphatic heterocycles. The molecular weight excluding hydrogens is 176 g/mol. The van der Waals surface area contributed by atoms with Gasteiger partial charge in [0.2, 0.25) is 0 Å². The normalized spacial score (nSPS) is 12.1. The Morgan fingerprint density at radius 2 is 2.38 bits per heavy atom. The first-order valence-corrected chi connectivity index (χ1v) is 3.55. The number of hydrogen-bond acceptors (Lipinski definition) is 4. The third-order valence-corrected chi connectivity index (χ3v) is 1.39. The molecule has 1 rings (SSSR count). The van der Waals surface area contributed by atoms with Crippen LogP contribution in [-0.4, -0.2) is 28.2 Å². The minimum absolute atomic E-state index is 0.0631. The van der Waals surface area contributed by atoms with Crippen molar-refractivity contribution in [3.63, 3.8) is 0 Å². The van der Waals surface area contributed by atoms with Gasteiger partial charge in [0.1, 0.15) is 12.3 Å². The van der Waals surface area contributed by atoms with Crippen molar-refractivity contribution in [1.82, 2.24) is 10.5 Å². The number of aromatic nitrogens is 1. The number of carboxylic acids is 1. The molecule has 1 atom stereocenters. The number of rotatable bonds is 3. The minimum Gasteiger partial charge on any atom is -0.480 e. The van der Waals surface area contributed by atoms with Crippen molar-refractivity contribution in [3.8, 4) is 0 Å². The fraction of sp³-hybridized carbons (Fsp3) is 0.286. The van der Waals surface area contributed by atoms with Crippen LogP contribution in [0.4, 0.5) is 0 Å². The van der Waals surface area contributed by atoms with Gasteiger partial charge in [-0.3, -0.25) is 9.59 Å². The Morgan fingerprint density at radius 3 is 2.85 bits per heavy atom. The molecule has 1 heterocycles. The Bertz CT molecular complexity index is 306. The van der Waals surface area contributed by atoms with Gasteiger partial charge in [-0.25, -0.2) is 0 Å². The maximum absolute atomic E-state index is 11.1. The summed E-state index contributed by atoms with van der Waals surface area (Å²) in [4.78, 5) is 21.5. The fourth-order valence-corrected chi connectivity index (χ4v) is 0.662. The first-order chi connectivity index (χ1) is 6.11. The molecule has 0 fully saturated rings. The number of amides is 1. The predicted octanol–water partition coefficient (Wildman–Crippen LogP) is -0.123. The molecule has 1 amide bonds. The number of hydrogen-bond donors (Lipinski definition) is 2. The highest BCUT2D eigenvalue weighted by atomic mass is 16.5. The lowest BCUT2D eigenvalue weighted by Gasteiger charge is -2.06. The van der Waals surface area contributed by atoms with E-state index in [1.165, 1.54) is 19.3 Å². The molecule has 1 aromatic rings. The van der Waals surface area contributed by atoms with Gasteiger partial charge in [0.15, 0.2) is 5.69 Å². The van der Waals surface area contributed by atoms with Crippen molar-refractivity contribution in [1.29, 1.82) is 0 Å². The highest BCUT2D eigenvalue weighted by Gasteiger charge is 2.16. The van der Waals surface area contributed by atoms with E-state index in [1.807, 2.05) is 0 Å². The summed E-state index contributed by atoms with van der Waals surface area (Å²) in [5.41, 5.74) is 0.0631. The largest absolute Gasteiger partial charge is 0.480 e. The van der Waals surface area contributed by atoms with E-state index < -0.39 is 17.9 Å². The molecule has 0 aliphatic carbocycles. The highest BCUT2D eigenvalue weighted by molar-refractivity contribution is 5.94. The zero-order chi connectivity index (χ0) is 9.84. The molecule has 0 saturated carbocycles. The van der Waals surface area contributed by atoms with Crippen molar-refractivity contribution < 1.29 is 19.2 Å². The van der Waals surface area contributed by atoms with E-state index in [0.717, 1.165) is 0 Å². The summed E-state index contributed by atoms with van der Waals surface area (Å²) in [5, 5.41) is 14.0. The third-order valence-electron chi connectivity index (χ3n) is 1.39. The summed E-state index contributed by atoms with van der Waals surface area (Å²) < 4.78 is 4.42. The first-order valence-electron chi connectivity index (χ1n) is 3.55. The van der Waals surface area contributed by atoms with Crippen molar-refractivity contribution in [2.45, 2.75) is 13.0 Å². The first kappa shape index (κ1) is 9.24. The lowest BCUT2D eigenvalue weighted by atomic mass is 10.3. The maximum Gasteiger partial charge on any atom is 0.325 e. The smallest absolute Gasteiger partial charge is 0.325 e. The lowest BCUT2D eigenvalue weighted by Crippen LogP contribution is -2.38. The van der Waals surface area contributed by atoms with E-state index in [1.54, 1.807) is 0 Å². The number of aliphatic carboxylic acids is 1. The van der Waals surface area contributed by atoms with Crippen LogP contribution in [-0.2, 0) is 4.79 Å². The van der Waals surface area contributed by atoms with Crippen LogP contribution in [0.1, 0.15) is 17.4 Å². The van der Waals surface area contributed by atoms with Crippen molar-refractivity contribution >= 4 is 11.9 Å². The van der Waals surface area contributed by atoms with Gasteiger partial charge in [-0.1, -0.05) is 5.16 Å². The van der Waals surface area contributed by atoms with E-state index >= 15 is 0 Å². The van der Waals surface area contributed by atoms with Crippen LogP contribution in [0, 0.1) is 0 Å². The molecule has 0 aromatic carbocycles. The second kappa shape index (κ2) is 3.70. The molecule has 1 aromatic heterocycles. The van der Waals surface area contributed by atoms with Crippen molar-refractivity contribution in [2.24, 2.45) is 0 Å². The van der Waals surface area contributed by atoms with E-state index in [9.17, 15) is 9.59 Å². The van der Waals surface area contributed by atoms with Gasteiger partial charge in [0.25, 0.3) is 5.91 Å². The van der Waals surface area contributed by atoms with E-state index in [4.69, 9.17) is 5.11 Å². The average molecular weight is 184 g/mol. The molecule has 0 saturated heterocycles. The lowest BCUT2D eigenvalue weighted by molar-refractivity contribution is -0.138. The van der Waals surface area contributed by atoms with Gasteiger partial charge in [-0.15, -0.1) is 0 Å². The van der Waals surface area contributed by atoms with Crippen LogP contribution < -0.4 is 5.32 Å². The van der Waals surface area contributed by atoms with Gasteiger partial charge >= 0.3 is 5.97 Å². The summed E-state index contributed by atoms with van der Waals surface area (Å²) >= 11 is 0. The molecule has 70 valence electrons. The van der Waals surface area contributed by atoms with Crippen LogP contribution in [0.25, 0.3) is 0 Å². The third kappa shape index (κ3) is 2.29. The second-order valence-corrected chi connectivity index (χ2v) is 2.42. The molecular formula is C7H8N2O4. The molecule has 0 radical (unpaired) electrons. The quantitative estimate of drug-likeness (QED) is 0.683. The summed E-state index contributed by atoms with van der Waals surface area (Å²) in [6.07, 6.45) is 1.24. The molecule has 0 aliphatic rings. The van der Waals surface area contributed by atoms with Crippen LogP contribution >= 0.6 is 0 Å². The van der Waals surface area contributed by atoms with E-state index in [-0.39, 0.29) is 5.69 Å². The number of nitrogens with one attached hydrogen (secondary N) is 1. The number of carbonyl (C=O) groups is 2. The number of carbonyl (C=O) groups excluding carboxylic acids is 1. The predicted molar refractivity (Wildman–Crippen MR) is 41.1 cm³/mol. The molecule has 13 heavy (non-hydrogen) atoms. The SMILES string of the molecule is C[C@@H](NC(=O)c1ccon1)C(=O)O. The van der Waals surface area contributed by atoms with Gasteiger partial charge in [0.05, 0.1) is 0 Å². The van der Waals surface area contributed by atoms with E-state index in [2.05, 4.69) is 15.0 Å². The maximum atomic E-state index is 11.1. The average Bonchev–Trinajstić information content (AvgIpc) is 2.55. The Balaban J connectivity index is 2.56. The molecule has 2 N–H and O–H groups in total. The summed E-state index contributed by atoms with van der Waals surface area (Å²) in [6, 6.07) is 0.411. The van der Waals surface area contributed by atoms with Gasteiger partial charge in [0, 0.05) is 6.07 Å². The Morgan fingerprint density at radius 1 is 1.69 bits per heavy atom. The Kier molecular flexibility index (Phi) is 2.63. The zero-order valence-corrected chi connectivity index (χ0v) is 6.85. The van der Waals surface area contributed by atoms with Gasteiger partial charge in [-0.05, 0) is 6.92 Å².